The molecular weight excluding hydrogens is 428 g/mol. The summed E-state index contributed by atoms with van der Waals surface area (Å²) in [6.45, 7) is 0. The van der Waals surface area contributed by atoms with Crippen LogP contribution < -0.4 is 5.32 Å². The van der Waals surface area contributed by atoms with Gasteiger partial charge in [-0.1, -0.05) is 42.5 Å². The van der Waals surface area contributed by atoms with Gasteiger partial charge in [-0.25, -0.2) is 13.4 Å². The van der Waals surface area contributed by atoms with Gasteiger partial charge in [-0.2, -0.15) is 0 Å². The molecule has 1 aromatic heterocycles. The third kappa shape index (κ3) is 5.77. The van der Waals surface area contributed by atoms with Crippen LogP contribution in [-0.2, 0) is 20.4 Å². The van der Waals surface area contributed by atoms with Crippen molar-refractivity contribution in [2.75, 3.05) is 11.1 Å². The Morgan fingerprint density at radius 2 is 1.61 bits per heavy atom. The van der Waals surface area contributed by atoms with Crippen LogP contribution in [0.2, 0.25) is 0 Å². The monoisotopic (exact) mass is 450 g/mol. The Morgan fingerprint density at radius 3 is 2.35 bits per heavy atom. The molecule has 158 valence electrons. The number of rotatable bonds is 8. The van der Waals surface area contributed by atoms with E-state index < -0.39 is 9.84 Å². The molecule has 5 nitrogen and oxygen atoms in total. The van der Waals surface area contributed by atoms with Gasteiger partial charge in [0.05, 0.1) is 21.7 Å². The average molecular weight is 451 g/mol. The predicted molar refractivity (Wildman–Crippen MR) is 127 cm³/mol. The second kappa shape index (κ2) is 9.41. The second-order valence-electron chi connectivity index (χ2n) is 7.29. The van der Waals surface area contributed by atoms with Crippen LogP contribution in [0.4, 0.5) is 5.69 Å². The molecule has 1 N–H and O–H groups in total. The van der Waals surface area contributed by atoms with Crippen molar-refractivity contribution in [2.45, 2.75) is 18.6 Å². The molecule has 3 aromatic carbocycles. The molecule has 0 unspecified atom stereocenters. The van der Waals surface area contributed by atoms with Crippen molar-refractivity contribution in [1.82, 2.24) is 4.98 Å². The van der Waals surface area contributed by atoms with Gasteiger partial charge in [0, 0.05) is 17.7 Å². The molecule has 4 aromatic rings. The van der Waals surface area contributed by atoms with E-state index >= 15 is 0 Å². The highest BCUT2D eigenvalue weighted by molar-refractivity contribution is 7.90. The third-order valence-corrected chi connectivity index (χ3v) is 7.57. The highest BCUT2D eigenvalue weighted by Gasteiger charge is 2.13. The van der Waals surface area contributed by atoms with Gasteiger partial charge >= 0.3 is 0 Å². The van der Waals surface area contributed by atoms with Gasteiger partial charge in [-0.3, -0.25) is 4.79 Å². The van der Waals surface area contributed by atoms with E-state index in [1.165, 1.54) is 0 Å². The molecule has 0 atom stereocenters. The van der Waals surface area contributed by atoms with Crippen molar-refractivity contribution in [3.8, 4) is 10.6 Å². The van der Waals surface area contributed by atoms with E-state index in [0.29, 0.717) is 12.1 Å². The molecule has 0 fully saturated rings. The van der Waals surface area contributed by atoms with Crippen LogP contribution in [0.3, 0.4) is 0 Å². The SMILES string of the molecule is O=C(CCCS(=O)(=O)Cc1ccccc1)Nc1ccc(-c2nc3ccccc3s2)cc1. The molecule has 0 aliphatic heterocycles. The van der Waals surface area contributed by atoms with Crippen LogP contribution in [0.5, 0.6) is 0 Å². The standard InChI is InChI=1S/C24H22N2O3S2/c27-23(11-6-16-31(28,29)17-18-7-2-1-3-8-18)25-20-14-12-19(13-15-20)24-26-21-9-4-5-10-22(21)30-24/h1-5,7-10,12-15H,6,11,16-17H2,(H,25,27). The summed E-state index contributed by atoms with van der Waals surface area (Å²) in [5.41, 5.74) is 3.41. The van der Waals surface area contributed by atoms with Crippen molar-refractivity contribution in [3.63, 3.8) is 0 Å². The minimum absolute atomic E-state index is 0.00267. The molecule has 1 heterocycles. The van der Waals surface area contributed by atoms with E-state index in [9.17, 15) is 13.2 Å². The molecular formula is C24H22N2O3S2. The number of fused-ring (bicyclic) bond motifs is 1. The summed E-state index contributed by atoms with van der Waals surface area (Å²) in [7, 11) is -3.24. The number of nitrogens with zero attached hydrogens (tertiary/aromatic N) is 1. The Labute approximate surface area is 185 Å². The van der Waals surface area contributed by atoms with E-state index in [-0.39, 0.29) is 23.8 Å². The van der Waals surface area contributed by atoms with Crippen LogP contribution in [0.1, 0.15) is 18.4 Å². The maximum absolute atomic E-state index is 12.2. The minimum Gasteiger partial charge on any atom is -0.326 e. The van der Waals surface area contributed by atoms with Crippen LogP contribution in [0.25, 0.3) is 20.8 Å². The van der Waals surface area contributed by atoms with Gasteiger partial charge in [0.25, 0.3) is 0 Å². The molecule has 0 bridgehead atoms. The molecule has 1 amide bonds. The first-order valence-electron chi connectivity index (χ1n) is 9.99. The van der Waals surface area contributed by atoms with Crippen LogP contribution >= 0.6 is 11.3 Å². The summed E-state index contributed by atoms with van der Waals surface area (Å²) in [6, 6.07) is 24.6. The molecule has 0 saturated carbocycles. The van der Waals surface area contributed by atoms with Crippen molar-refractivity contribution in [2.24, 2.45) is 0 Å². The fourth-order valence-corrected chi connectivity index (χ4v) is 5.67. The summed E-state index contributed by atoms with van der Waals surface area (Å²) in [5.74, 6) is -0.197. The molecule has 7 heteroatoms. The zero-order chi connectivity index (χ0) is 21.7. The lowest BCUT2D eigenvalue weighted by Crippen LogP contribution is -2.15. The number of thiazole rings is 1. The molecule has 0 aliphatic carbocycles. The van der Waals surface area contributed by atoms with E-state index in [2.05, 4.69) is 10.3 Å². The Morgan fingerprint density at radius 1 is 0.903 bits per heavy atom. The van der Waals surface area contributed by atoms with E-state index in [4.69, 9.17) is 0 Å². The van der Waals surface area contributed by atoms with Crippen molar-refractivity contribution in [1.29, 1.82) is 0 Å². The number of amides is 1. The number of nitrogens with one attached hydrogen (secondary N) is 1. The fraction of sp³-hybridized carbons (Fsp3) is 0.167. The Balaban J connectivity index is 1.28. The summed E-state index contributed by atoms with van der Waals surface area (Å²) in [4.78, 5) is 16.9. The number of sulfone groups is 1. The zero-order valence-corrected chi connectivity index (χ0v) is 18.5. The van der Waals surface area contributed by atoms with Gasteiger partial charge < -0.3 is 5.32 Å². The lowest BCUT2D eigenvalue weighted by Gasteiger charge is -2.07. The number of hydrogen-bond donors (Lipinski definition) is 1. The Bertz CT molecular complexity index is 1250. The molecule has 0 aliphatic rings. The molecule has 4 rings (SSSR count). The fourth-order valence-electron chi connectivity index (χ4n) is 3.27. The van der Waals surface area contributed by atoms with Gasteiger partial charge in [-0.05, 0) is 48.4 Å². The maximum Gasteiger partial charge on any atom is 0.224 e. The third-order valence-electron chi connectivity index (χ3n) is 4.80. The molecule has 0 saturated heterocycles. The summed E-state index contributed by atoms with van der Waals surface area (Å²) in [5, 5.41) is 3.77. The van der Waals surface area contributed by atoms with Crippen molar-refractivity contribution in [3.05, 3.63) is 84.4 Å². The normalized spacial score (nSPS) is 11.5. The lowest BCUT2D eigenvalue weighted by molar-refractivity contribution is -0.116. The number of benzene rings is 3. The van der Waals surface area contributed by atoms with Crippen LogP contribution in [0.15, 0.2) is 78.9 Å². The predicted octanol–water partition coefficient (Wildman–Crippen LogP) is 5.30. The number of anilines is 1. The molecule has 0 spiro atoms. The van der Waals surface area contributed by atoms with Crippen LogP contribution in [-0.4, -0.2) is 25.1 Å². The van der Waals surface area contributed by atoms with Gasteiger partial charge in [0.1, 0.15) is 5.01 Å². The first-order chi connectivity index (χ1) is 15.0. The Hall–Kier alpha value is -3.03. The van der Waals surface area contributed by atoms with E-state index in [1.807, 2.05) is 66.7 Å². The highest BCUT2D eigenvalue weighted by Crippen LogP contribution is 2.30. The van der Waals surface area contributed by atoms with Gasteiger partial charge in [-0.15, -0.1) is 11.3 Å². The molecule has 0 radical (unpaired) electrons. The summed E-state index contributed by atoms with van der Waals surface area (Å²) in [6.07, 6.45) is 0.457. The summed E-state index contributed by atoms with van der Waals surface area (Å²) < 4.78 is 25.6. The first kappa shape index (κ1) is 21.2. The van der Waals surface area contributed by atoms with Gasteiger partial charge in [0.2, 0.25) is 5.91 Å². The number of aromatic nitrogens is 1. The largest absolute Gasteiger partial charge is 0.326 e. The Kier molecular flexibility index (Phi) is 6.44. The zero-order valence-electron chi connectivity index (χ0n) is 16.8. The number of carbonyl (C=O) groups excluding carboxylic acids is 1. The molecule has 31 heavy (non-hydrogen) atoms. The minimum atomic E-state index is -3.24. The van der Waals surface area contributed by atoms with Crippen molar-refractivity contribution >= 4 is 43.0 Å². The lowest BCUT2D eigenvalue weighted by atomic mass is 10.2. The number of para-hydroxylation sites is 1. The highest BCUT2D eigenvalue weighted by atomic mass is 32.2. The number of carbonyl (C=O) groups is 1. The maximum atomic E-state index is 12.2. The van der Waals surface area contributed by atoms with E-state index in [1.54, 1.807) is 23.5 Å². The average Bonchev–Trinajstić information content (AvgIpc) is 3.19. The second-order valence-corrected chi connectivity index (χ2v) is 10.5. The first-order valence-corrected chi connectivity index (χ1v) is 12.6. The summed E-state index contributed by atoms with van der Waals surface area (Å²) >= 11 is 1.63. The van der Waals surface area contributed by atoms with Crippen LogP contribution in [0, 0.1) is 0 Å². The quantitative estimate of drug-likeness (QED) is 0.395. The topological polar surface area (TPSA) is 76.1 Å². The number of hydrogen-bond acceptors (Lipinski definition) is 5. The van der Waals surface area contributed by atoms with Gasteiger partial charge in [0.15, 0.2) is 9.84 Å². The smallest absolute Gasteiger partial charge is 0.224 e. The van der Waals surface area contributed by atoms with Crippen molar-refractivity contribution < 1.29 is 13.2 Å². The van der Waals surface area contributed by atoms with E-state index in [0.717, 1.165) is 26.4 Å².